The second-order valence-electron chi connectivity index (χ2n) is 5.40. The van der Waals surface area contributed by atoms with Crippen molar-refractivity contribution < 1.29 is 10.2 Å². The molecule has 2 aromatic rings. The smallest absolute Gasteiger partial charge is 0.0471 e. The fourth-order valence-electron chi connectivity index (χ4n) is 3.26. The van der Waals surface area contributed by atoms with Crippen LogP contribution >= 0.6 is 0 Å². The summed E-state index contributed by atoms with van der Waals surface area (Å²) in [5.74, 6) is 0. The minimum atomic E-state index is 0.126. The predicted molar refractivity (Wildman–Crippen MR) is 85.9 cm³/mol. The highest BCUT2D eigenvalue weighted by molar-refractivity contribution is 5.94. The molecule has 0 amide bonds. The zero-order valence-electron chi connectivity index (χ0n) is 12.0. The van der Waals surface area contributed by atoms with Gasteiger partial charge in [-0.05, 0) is 52.7 Å². The number of fused-ring (bicyclic) bond motifs is 2. The SMILES string of the molecule is OCCC1=C(CCO)c2ccccc2Cc2ccccc21. The third-order valence-electron chi connectivity index (χ3n) is 4.15. The van der Waals surface area contributed by atoms with Crippen LogP contribution in [0.5, 0.6) is 0 Å². The number of hydrogen-bond donors (Lipinski definition) is 2. The molecule has 0 saturated heterocycles. The summed E-state index contributed by atoms with van der Waals surface area (Å²) in [6.45, 7) is 0.252. The Kier molecular flexibility index (Phi) is 4.18. The Morgan fingerprint density at radius 2 is 1.10 bits per heavy atom. The van der Waals surface area contributed by atoms with E-state index in [1.54, 1.807) is 0 Å². The normalized spacial score (nSPS) is 13.6. The van der Waals surface area contributed by atoms with Crippen molar-refractivity contribution in [2.45, 2.75) is 19.3 Å². The van der Waals surface area contributed by atoms with Crippen molar-refractivity contribution in [1.82, 2.24) is 0 Å². The lowest BCUT2D eigenvalue weighted by Gasteiger charge is -2.15. The van der Waals surface area contributed by atoms with E-state index in [2.05, 4.69) is 36.4 Å². The molecule has 2 aromatic carbocycles. The fraction of sp³-hybridized carbons (Fsp3) is 0.263. The fourth-order valence-corrected chi connectivity index (χ4v) is 3.26. The zero-order chi connectivity index (χ0) is 14.7. The van der Waals surface area contributed by atoms with Crippen LogP contribution in [0.2, 0.25) is 0 Å². The van der Waals surface area contributed by atoms with Gasteiger partial charge >= 0.3 is 0 Å². The number of hydrogen-bond acceptors (Lipinski definition) is 2. The van der Waals surface area contributed by atoms with Crippen molar-refractivity contribution in [3.63, 3.8) is 0 Å². The lowest BCUT2D eigenvalue weighted by molar-refractivity contribution is 0.301. The second kappa shape index (κ2) is 6.25. The molecule has 0 aromatic heterocycles. The topological polar surface area (TPSA) is 40.5 Å². The van der Waals surface area contributed by atoms with E-state index in [-0.39, 0.29) is 13.2 Å². The maximum atomic E-state index is 9.47. The van der Waals surface area contributed by atoms with Gasteiger partial charge in [0, 0.05) is 13.2 Å². The number of benzene rings is 2. The van der Waals surface area contributed by atoms with Crippen molar-refractivity contribution in [2.24, 2.45) is 0 Å². The third kappa shape index (κ3) is 2.65. The lowest BCUT2D eigenvalue weighted by atomic mass is 9.91. The Labute approximate surface area is 125 Å². The van der Waals surface area contributed by atoms with Crippen LogP contribution < -0.4 is 0 Å². The predicted octanol–water partition coefficient (Wildman–Crippen LogP) is 3.27. The van der Waals surface area contributed by atoms with Gasteiger partial charge in [0.25, 0.3) is 0 Å². The summed E-state index contributed by atoms with van der Waals surface area (Å²) in [6, 6.07) is 16.8. The van der Waals surface area contributed by atoms with Crippen molar-refractivity contribution in [2.75, 3.05) is 13.2 Å². The first-order chi connectivity index (χ1) is 10.3. The average molecular weight is 280 g/mol. The largest absolute Gasteiger partial charge is 0.396 e. The molecule has 0 atom stereocenters. The van der Waals surface area contributed by atoms with Gasteiger partial charge in [-0.15, -0.1) is 0 Å². The Morgan fingerprint density at radius 3 is 1.52 bits per heavy atom. The molecule has 0 radical (unpaired) electrons. The molecule has 21 heavy (non-hydrogen) atoms. The van der Waals surface area contributed by atoms with Gasteiger partial charge in [-0.1, -0.05) is 48.5 Å². The highest BCUT2D eigenvalue weighted by Crippen LogP contribution is 2.38. The lowest BCUT2D eigenvalue weighted by Crippen LogP contribution is -1.98. The summed E-state index contributed by atoms with van der Waals surface area (Å²) in [4.78, 5) is 0. The molecule has 0 unspecified atom stereocenters. The Bertz CT molecular complexity index is 613. The van der Waals surface area contributed by atoms with Crippen LogP contribution in [0.3, 0.4) is 0 Å². The van der Waals surface area contributed by atoms with Crippen LogP contribution in [0.25, 0.3) is 11.1 Å². The summed E-state index contributed by atoms with van der Waals surface area (Å²) in [6.07, 6.45) is 2.15. The summed E-state index contributed by atoms with van der Waals surface area (Å²) in [7, 11) is 0. The summed E-state index contributed by atoms with van der Waals surface area (Å²) < 4.78 is 0. The van der Waals surface area contributed by atoms with E-state index >= 15 is 0 Å². The highest BCUT2D eigenvalue weighted by Gasteiger charge is 2.20. The van der Waals surface area contributed by atoms with Crippen molar-refractivity contribution in [1.29, 1.82) is 0 Å². The van der Waals surface area contributed by atoms with Gasteiger partial charge in [-0.2, -0.15) is 0 Å². The molecule has 0 fully saturated rings. The number of aliphatic hydroxyl groups is 2. The van der Waals surface area contributed by atoms with Crippen LogP contribution in [-0.2, 0) is 6.42 Å². The maximum absolute atomic E-state index is 9.47. The summed E-state index contributed by atoms with van der Waals surface area (Å²) in [5.41, 5.74) is 7.36. The molecule has 3 rings (SSSR count). The van der Waals surface area contributed by atoms with Gasteiger partial charge in [-0.3, -0.25) is 0 Å². The molecular formula is C19H20O2. The van der Waals surface area contributed by atoms with E-state index in [1.165, 1.54) is 33.4 Å². The molecule has 2 heteroatoms. The Balaban J connectivity index is 2.28. The minimum absolute atomic E-state index is 0.126. The van der Waals surface area contributed by atoms with Crippen molar-refractivity contribution >= 4 is 11.1 Å². The molecular weight excluding hydrogens is 260 g/mol. The number of rotatable bonds is 4. The van der Waals surface area contributed by atoms with Gasteiger partial charge in [-0.25, -0.2) is 0 Å². The van der Waals surface area contributed by atoms with Gasteiger partial charge in [0.1, 0.15) is 0 Å². The standard InChI is InChI=1S/C19H20O2/c20-11-9-18-16-7-3-1-5-14(16)13-15-6-2-4-8-17(15)19(18)10-12-21/h1-8,20-21H,9-13H2. The molecule has 0 bridgehead atoms. The summed E-state index contributed by atoms with van der Waals surface area (Å²) in [5, 5.41) is 18.9. The molecule has 2 N–H and O–H groups in total. The Hall–Kier alpha value is -1.90. The van der Waals surface area contributed by atoms with Crippen LogP contribution in [0.4, 0.5) is 0 Å². The van der Waals surface area contributed by atoms with Crippen molar-refractivity contribution in [3.8, 4) is 0 Å². The quantitative estimate of drug-likeness (QED) is 0.902. The van der Waals surface area contributed by atoms with E-state index in [4.69, 9.17) is 0 Å². The van der Waals surface area contributed by atoms with Crippen molar-refractivity contribution in [3.05, 3.63) is 70.8 Å². The van der Waals surface area contributed by atoms with E-state index in [0.29, 0.717) is 12.8 Å². The molecule has 0 spiro atoms. The molecule has 1 aliphatic rings. The van der Waals surface area contributed by atoms with E-state index in [9.17, 15) is 10.2 Å². The van der Waals surface area contributed by atoms with Crippen LogP contribution in [0.15, 0.2) is 48.5 Å². The monoisotopic (exact) mass is 280 g/mol. The summed E-state index contributed by atoms with van der Waals surface area (Å²) >= 11 is 0. The van der Waals surface area contributed by atoms with E-state index in [1.807, 2.05) is 12.1 Å². The van der Waals surface area contributed by atoms with Crippen LogP contribution in [0.1, 0.15) is 35.1 Å². The molecule has 0 heterocycles. The van der Waals surface area contributed by atoms with E-state index in [0.717, 1.165) is 6.42 Å². The first kappa shape index (κ1) is 14.1. The molecule has 0 saturated carbocycles. The van der Waals surface area contributed by atoms with Gasteiger partial charge in [0.2, 0.25) is 0 Å². The van der Waals surface area contributed by atoms with Crippen LogP contribution in [0, 0.1) is 0 Å². The molecule has 1 aliphatic carbocycles. The maximum Gasteiger partial charge on any atom is 0.0471 e. The van der Waals surface area contributed by atoms with Gasteiger partial charge in [0.15, 0.2) is 0 Å². The van der Waals surface area contributed by atoms with E-state index < -0.39 is 0 Å². The highest BCUT2D eigenvalue weighted by atomic mass is 16.3. The molecule has 0 aliphatic heterocycles. The van der Waals surface area contributed by atoms with Crippen LogP contribution in [-0.4, -0.2) is 23.4 Å². The Morgan fingerprint density at radius 1 is 0.667 bits per heavy atom. The number of aliphatic hydroxyl groups excluding tert-OH is 2. The first-order valence-corrected chi connectivity index (χ1v) is 7.45. The third-order valence-corrected chi connectivity index (χ3v) is 4.15. The molecule has 108 valence electrons. The van der Waals surface area contributed by atoms with Gasteiger partial charge < -0.3 is 10.2 Å². The first-order valence-electron chi connectivity index (χ1n) is 7.45. The minimum Gasteiger partial charge on any atom is -0.396 e. The average Bonchev–Trinajstić information content (AvgIpc) is 2.64. The second-order valence-corrected chi connectivity index (χ2v) is 5.40. The molecule has 2 nitrogen and oxygen atoms in total. The zero-order valence-corrected chi connectivity index (χ0v) is 12.0. The van der Waals surface area contributed by atoms with Gasteiger partial charge in [0.05, 0.1) is 0 Å².